The second kappa shape index (κ2) is 9.29. The van der Waals surface area contributed by atoms with Gasteiger partial charge in [0.25, 0.3) is 0 Å². The standard InChI is InChI=1S/C20H23N5O2S/c1-14(27)23-19-18(16-6-4-3-5-7-16)24-20(28-19)22-13-15-8-9-17(21-12-15)25(2)10-11-26/h3-9,12,26H,10-11,13H2,1-2H3,(H,22,24)(H,23,27). The molecule has 1 aromatic carbocycles. The molecule has 0 bridgehead atoms. The van der Waals surface area contributed by atoms with Crippen LogP contribution < -0.4 is 15.5 Å². The molecule has 0 aliphatic carbocycles. The number of amides is 1. The Morgan fingerprint density at radius 2 is 2.00 bits per heavy atom. The number of pyridine rings is 1. The highest BCUT2D eigenvalue weighted by atomic mass is 32.1. The van der Waals surface area contributed by atoms with E-state index in [-0.39, 0.29) is 12.5 Å². The van der Waals surface area contributed by atoms with Gasteiger partial charge in [0, 0.05) is 38.8 Å². The Labute approximate surface area is 168 Å². The van der Waals surface area contributed by atoms with Crippen LogP contribution in [0.15, 0.2) is 48.7 Å². The van der Waals surface area contributed by atoms with E-state index < -0.39 is 0 Å². The minimum absolute atomic E-state index is 0.0892. The quantitative estimate of drug-likeness (QED) is 0.541. The summed E-state index contributed by atoms with van der Waals surface area (Å²) in [7, 11) is 1.89. The van der Waals surface area contributed by atoms with E-state index in [1.165, 1.54) is 18.3 Å². The summed E-state index contributed by atoms with van der Waals surface area (Å²) in [6.07, 6.45) is 1.80. The molecule has 0 unspecified atom stereocenters. The molecular formula is C20H23N5O2S. The first-order valence-electron chi connectivity index (χ1n) is 8.91. The number of likely N-dealkylation sites (N-methyl/N-ethyl adjacent to an activating group) is 1. The normalized spacial score (nSPS) is 10.5. The first kappa shape index (κ1) is 19.8. The van der Waals surface area contributed by atoms with Crippen molar-refractivity contribution in [3.63, 3.8) is 0 Å². The van der Waals surface area contributed by atoms with Crippen molar-refractivity contribution in [3.8, 4) is 11.3 Å². The summed E-state index contributed by atoms with van der Waals surface area (Å²) in [5.41, 5.74) is 2.72. The van der Waals surface area contributed by atoms with Gasteiger partial charge in [0.15, 0.2) is 5.13 Å². The molecule has 0 atom stereocenters. The van der Waals surface area contributed by atoms with Crippen LogP contribution in [0.3, 0.4) is 0 Å². The zero-order valence-electron chi connectivity index (χ0n) is 15.8. The Kier molecular flexibility index (Phi) is 6.57. The smallest absolute Gasteiger partial charge is 0.221 e. The zero-order chi connectivity index (χ0) is 19.9. The van der Waals surface area contributed by atoms with Crippen molar-refractivity contribution in [1.82, 2.24) is 9.97 Å². The summed E-state index contributed by atoms with van der Waals surface area (Å²) >= 11 is 1.41. The van der Waals surface area contributed by atoms with Crippen molar-refractivity contribution in [2.45, 2.75) is 13.5 Å². The monoisotopic (exact) mass is 397 g/mol. The number of hydrogen-bond donors (Lipinski definition) is 3. The van der Waals surface area contributed by atoms with Crippen LogP contribution in [-0.4, -0.2) is 41.2 Å². The second-order valence-corrected chi connectivity index (χ2v) is 7.27. The number of thiazole rings is 1. The third-order valence-corrected chi connectivity index (χ3v) is 4.97. The third-order valence-electron chi connectivity index (χ3n) is 4.04. The molecule has 8 heteroatoms. The first-order chi connectivity index (χ1) is 13.6. The summed E-state index contributed by atoms with van der Waals surface area (Å²) in [6, 6.07) is 13.7. The van der Waals surface area contributed by atoms with Crippen molar-refractivity contribution in [3.05, 3.63) is 54.2 Å². The number of nitrogens with zero attached hydrogens (tertiary/aromatic N) is 3. The van der Waals surface area contributed by atoms with Crippen LogP contribution in [0.25, 0.3) is 11.3 Å². The number of carbonyl (C=O) groups is 1. The molecule has 0 aliphatic heterocycles. The molecule has 3 N–H and O–H groups in total. The molecule has 28 heavy (non-hydrogen) atoms. The van der Waals surface area contributed by atoms with Crippen molar-refractivity contribution in [2.75, 3.05) is 35.7 Å². The summed E-state index contributed by atoms with van der Waals surface area (Å²) in [6.45, 7) is 2.69. The van der Waals surface area contributed by atoms with Crippen LogP contribution >= 0.6 is 11.3 Å². The number of nitrogens with one attached hydrogen (secondary N) is 2. The van der Waals surface area contributed by atoms with Gasteiger partial charge >= 0.3 is 0 Å². The predicted molar refractivity (Wildman–Crippen MR) is 114 cm³/mol. The minimum atomic E-state index is -0.126. The highest BCUT2D eigenvalue weighted by Gasteiger charge is 2.14. The molecule has 3 aromatic rings. The molecule has 0 saturated carbocycles. The number of carbonyl (C=O) groups excluding carboxylic acids is 1. The average molecular weight is 398 g/mol. The molecule has 0 spiro atoms. The Bertz CT molecular complexity index is 912. The molecule has 146 valence electrons. The number of aliphatic hydroxyl groups excluding tert-OH is 1. The van der Waals surface area contributed by atoms with E-state index in [2.05, 4.69) is 20.6 Å². The highest BCUT2D eigenvalue weighted by Crippen LogP contribution is 2.36. The van der Waals surface area contributed by atoms with Gasteiger partial charge in [-0.3, -0.25) is 4.79 Å². The average Bonchev–Trinajstić information content (AvgIpc) is 3.09. The number of aliphatic hydroxyl groups is 1. The van der Waals surface area contributed by atoms with Crippen molar-refractivity contribution in [2.24, 2.45) is 0 Å². The van der Waals surface area contributed by atoms with Crippen molar-refractivity contribution < 1.29 is 9.90 Å². The van der Waals surface area contributed by atoms with Gasteiger partial charge in [-0.1, -0.05) is 47.7 Å². The SMILES string of the molecule is CC(=O)Nc1sc(NCc2ccc(N(C)CCO)nc2)nc1-c1ccccc1. The molecule has 1 amide bonds. The van der Waals surface area contributed by atoms with Gasteiger partial charge in [-0.05, 0) is 11.6 Å². The van der Waals surface area contributed by atoms with Gasteiger partial charge in [-0.25, -0.2) is 9.97 Å². The van der Waals surface area contributed by atoms with Gasteiger partial charge in [0.2, 0.25) is 5.91 Å². The van der Waals surface area contributed by atoms with E-state index in [0.29, 0.717) is 13.1 Å². The van der Waals surface area contributed by atoms with Crippen LogP contribution in [0.1, 0.15) is 12.5 Å². The van der Waals surface area contributed by atoms with Crippen LogP contribution in [0.5, 0.6) is 0 Å². The fraction of sp³-hybridized carbons (Fsp3) is 0.250. The molecule has 0 radical (unpaired) electrons. The molecule has 0 aliphatic rings. The van der Waals surface area contributed by atoms with E-state index in [9.17, 15) is 4.79 Å². The number of aromatic nitrogens is 2. The number of rotatable bonds is 8. The highest BCUT2D eigenvalue weighted by molar-refractivity contribution is 7.20. The molecule has 7 nitrogen and oxygen atoms in total. The molecule has 2 aromatic heterocycles. The number of benzene rings is 1. The number of anilines is 3. The minimum Gasteiger partial charge on any atom is -0.395 e. The van der Waals surface area contributed by atoms with E-state index in [0.717, 1.165) is 32.8 Å². The predicted octanol–water partition coefficient (Wildman–Crippen LogP) is 3.20. The summed E-state index contributed by atoms with van der Waals surface area (Å²) in [5, 5.41) is 16.6. The molecule has 2 heterocycles. The lowest BCUT2D eigenvalue weighted by atomic mass is 10.2. The maximum Gasteiger partial charge on any atom is 0.221 e. The van der Waals surface area contributed by atoms with Gasteiger partial charge in [-0.2, -0.15) is 0 Å². The van der Waals surface area contributed by atoms with E-state index in [1.54, 1.807) is 6.20 Å². The van der Waals surface area contributed by atoms with Crippen LogP contribution in [0.2, 0.25) is 0 Å². The second-order valence-electron chi connectivity index (χ2n) is 6.27. The van der Waals surface area contributed by atoms with Crippen molar-refractivity contribution in [1.29, 1.82) is 0 Å². The van der Waals surface area contributed by atoms with Gasteiger partial charge in [0.1, 0.15) is 16.5 Å². The fourth-order valence-electron chi connectivity index (χ4n) is 2.62. The Morgan fingerprint density at radius 1 is 1.21 bits per heavy atom. The van der Waals surface area contributed by atoms with Crippen LogP contribution in [0.4, 0.5) is 16.0 Å². The van der Waals surface area contributed by atoms with Crippen LogP contribution in [0, 0.1) is 0 Å². The van der Waals surface area contributed by atoms with Crippen LogP contribution in [-0.2, 0) is 11.3 Å². The van der Waals surface area contributed by atoms with E-state index >= 15 is 0 Å². The molecule has 3 rings (SSSR count). The Morgan fingerprint density at radius 3 is 2.64 bits per heavy atom. The van der Waals surface area contributed by atoms with Crippen molar-refractivity contribution >= 4 is 33.2 Å². The van der Waals surface area contributed by atoms with Gasteiger partial charge < -0.3 is 20.6 Å². The first-order valence-corrected chi connectivity index (χ1v) is 9.73. The lowest BCUT2D eigenvalue weighted by Gasteiger charge is -2.16. The topological polar surface area (TPSA) is 90.4 Å². The molecule has 0 saturated heterocycles. The van der Waals surface area contributed by atoms with E-state index in [4.69, 9.17) is 5.11 Å². The third kappa shape index (κ3) is 5.05. The van der Waals surface area contributed by atoms with Gasteiger partial charge in [0.05, 0.1) is 6.61 Å². The zero-order valence-corrected chi connectivity index (χ0v) is 16.7. The Hall–Kier alpha value is -2.97. The lowest BCUT2D eigenvalue weighted by molar-refractivity contribution is -0.114. The Balaban J connectivity index is 1.72. The molecular weight excluding hydrogens is 374 g/mol. The summed E-state index contributed by atoms with van der Waals surface area (Å²) < 4.78 is 0. The largest absolute Gasteiger partial charge is 0.395 e. The van der Waals surface area contributed by atoms with Gasteiger partial charge in [-0.15, -0.1) is 0 Å². The van der Waals surface area contributed by atoms with E-state index in [1.807, 2.05) is 54.4 Å². The number of hydrogen-bond acceptors (Lipinski definition) is 7. The summed E-state index contributed by atoms with van der Waals surface area (Å²) in [5.74, 6) is 0.686. The fourth-order valence-corrected chi connectivity index (χ4v) is 3.55. The molecule has 0 fully saturated rings. The summed E-state index contributed by atoms with van der Waals surface area (Å²) in [4.78, 5) is 22.5. The lowest BCUT2D eigenvalue weighted by Crippen LogP contribution is -2.22. The maximum atomic E-state index is 11.5. The maximum absolute atomic E-state index is 11.5.